The van der Waals surface area contributed by atoms with Crippen LogP contribution in [0.25, 0.3) is 0 Å². The lowest BCUT2D eigenvalue weighted by atomic mass is 10.1. The van der Waals surface area contributed by atoms with E-state index >= 15 is 0 Å². The molecule has 1 aromatic carbocycles. The highest BCUT2D eigenvalue weighted by Gasteiger charge is 2.25. The normalized spacial score (nSPS) is 11.5. The number of nitrogens with one attached hydrogen (secondary N) is 1. The Labute approximate surface area is 119 Å². The van der Waals surface area contributed by atoms with Crippen molar-refractivity contribution in [3.05, 3.63) is 29.6 Å². The summed E-state index contributed by atoms with van der Waals surface area (Å²) in [4.78, 5) is 33.4. The molecule has 7 nitrogen and oxygen atoms in total. The number of ether oxygens (including phenoxy) is 1. The Hall–Kier alpha value is -2.64. The van der Waals surface area contributed by atoms with Gasteiger partial charge in [0.1, 0.15) is 23.2 Å². The third-order valence-electron chi connectivity index (χ3n) is 2.67. The largest absolute Gasteiger partial charge is 0.496 e. The number of halogens is 1. The number of hydrogen-bond acceptors (Lipinski definition) is 4. The summed E-state index contributed by atoms with van der Waals surface area (Å²) in [7, 11) is 1.24. The van der Waals surface area contributed by atoms with Crippen molar-refractivity contribution in [2.24, 2.45) is 0 Å². The van der Waals surface area contributed by atoms with Crippen molar-refractivity contribution in [2.45, 2.75) is 18.9 Å². The summed E-state index contributed by atoms with van der Waals surface area (Å²) in [5.41, 5.74) is -0.429. The van der Waals surface area contributed by atoms with Gasteiger partial charge in [0.25, 0.3) is 5.91 Å². The smallest absolute Gasteiger partial charge is 0.326 e. The molecule has 0 spiro atoms. The van der Waals surface area contributed by atoms with E-state index < -0.39 is 41.7 Å². The van der Waals surface area contributed by atoms with Gasteiger partial charge in [0.2, 0.25) is 0 Å². The minimum Gasteiger partial charge on any atom is -0.496 e. The molecule has 3 N–H and O–H groups in total. The molecule has 0 radical (unpaired) electrons. The number of carbonyl (C=O) groups excluding carboxylic acids is 1. The van der Waals surface area contributed by atoms with Gasteiger partial charge in [-0.3, -0.25) is 9.59 Å². The first-order chi connectivity index (χ1) is 9.86. The highest BCUT2D eigenvalue weighted by atomic mass is 19.1. The molecular weight excluding hydrogens is 285 g/mol. The van der Waals surface area contributed by atoms with Gasteiger partial charge in [0.05, 0.1) is 7.11 Å². The Morgan fingerprint density at radius 3 is 2.52 bits per heavy atom. The maximum Gasteiger partial charge on any atom is 0.326 e. The van der Waals surface area contributed by atoms with Crippen LogP contribution in [0.5, 0.6) is 5.75 Å². The van der Waals surface area contributed by atoms with Gasteiger partial charge in [0, 0.05) is 6.42 Å². The molecule has 0 heterocycles. The molecule has 0 aromatic heterocycles. The quantitative estimate of drug-likeness (QED) is 0.689. The van der Waals surface area contributed by atoms with Crippen LogP contribution in [-0.4, -0.2) is 41.2 Å². The summed E-state index contributed by atoms with van der Waals surface area (Å²) in [6.45, 7) is 0. The average Bonchev–Trinajstić information content (AvgIpc) is 2.42. The summed E-state index contributed by atoms with van der Waals surface area (Å²) in [6.07, 6.45) is -0.751. The SMILES string of the molecule is COc1cccc(F)c1C(=O)N[C@@H](CCC(=O)O)C(=O)O. The fourth-order valence-corrected chi connectivity index (χ4v) is 1.65. The van der Waals surface area contributed by atoms with Gasteiger partial charge in [-0.15, -0.1) is 0 Å². The molecule has 8 heteroatoms. The van der Waals surface area contributed by atoms with Crippen LogP contribution in [0.4, 0.5) is 4.39 Å². The number of methoxy groups -OCH3 is 1. The molecular formula is C13H14FNO6. The minimum absolute atomic E-state index is 0.0464. The van der Waals surface area contributed by atoms with Crippen molar-refractivity contribution in [2.75, 3.05) is 7.11 Å². The predicted octanol–water partition coefficient (Wildman–Crippen LogP) is 0.882. The third kappa shape index (κ3) is 4.44. The topological polar surface area (TPSA) is 113 Å². The fraction of sp³-hybridized carbons (Fsp3) is 0.308. The van der Waals surface area contributed by atoms with Crippen LogP contribution in [0, 0.1) is 5.82 Å². The molecule has 0 fully saturated rings. The second-order valence-electron chi connectivity index (χ2n) is 4.11. The first-order valence-electron chi connectivity index (χ1n) is 5.94. The number of benzene rings is 1. The number of carbonyl (C=O) groups is 3. The van der Waals surface area contributed by atoms with E-state index in [2.05, 4.69) is 5.32 Å². The molecule has 0 aliphatic rings. The lowest BCUT2D eigenvalue weighted by molar-refractivity contribution is -0.140. The fourth-order valence-electron chi connectivity index (χ4n) is 1.65. The number of amides is 1. The molecule has 1 aromatic rings. The van der Waals surface area contributed by atoms with Gasteiger partial charge >= 0.3 is 11.9 Å². The first kappa shape index (κ1) is 16.4. The number of carboxylic acid groups (broad SMARTS) is 2. The van der Waals surface area contributed by atoms with Crippen LogP contribution in [0.2, 0.25) is 0 Å². The van der Waals surface area contributed by atoms with Crippen LogP contribution in [0.1, 0.15) is 23.2 Å². The molecule has 1 rings (SSSR count). The van der Waals surface area contributed by atoms with Crippen LogP contribution >= 0.6 is 0 Å². The standard InChI is InChI=1S/C13H14FNO6/c1-21-9-4-2-3-7(14)11(9)12(18)15-8(13(19)20)5-6-10(16)17/h2-4,8H,5-6H2,1H3,(H,15,18)(H,16,17)(H,19,20)/t8-/m0/s1. The minimum atomic E-state index is -1.43. The van der Waals surface area contributed by atoms with E-state index in [9.17, 15) is 18.8 Å². The average molecular weight is 299 g/mol. The van der Waals surface area contributed by atoms with E-state index in [-0.39, 0.29) is 12.2 Å². The van der Waals surface area contributed by atoms with Crippen LogP contribution < -0.4 is 10.1 Å². The Morgan fingerprint density at radius 2 is 2.00 bits per heavy atom. The molecule has 0 saturated heterocycles. The Kier molecular flexibility index (Phi) is 5.65. The predicted molar refractivity (Wildman–Crippen MR) is 68.7 cm³/mol. The van der Waals surface area contributed by atoms with E-state index in [1.807, 2.05) is 0 Å². The number of carboxylic acids is 2. The molecule has 1 atom stereocenters. The van der Waals surface area contributed by atoms with Crippen molar-refractivity contribution >= 4 is 17.8 Å². The molecule has 1 amide bonds. The first-order valence-corrected chi connectivity index (χ1v) is 5.94. The molecule has 0 unspecified atom stereocenters. The Bertz CT molecular complexity index is 560. The maximum absolute atomic E-state index is 13.7. The second-order valence-corrected chi connectivity index (χ2v) is 4.11. The lowest BCUT2D eigenvalue weighted by Gasteiger charge is -2.15. The van der Waals surface area contributed by atoms with Crippen LogP contribution in [-0.2, 0) is 9.59 Å². The van der Waals surface area contributed by atoms with Gasteiger partial charge in [-0.1, -0.05) is 6.07 Å². The molecule has 0 aliphatic heterocycles. The monoisotopic (exact) mass is 299 g/mol. The zero-order valence-electron chi connectivity index (χ0n) is 11.1. The number of hydrogen-bond donors (Lipinski definition) is 3. The summed E-state index contributed by atoms with van der Waals surface area (Å²) < 4.78 is 18.5. The Balaban J connectivity index is 2.92. The molecule has 114 valence electrons. The van der Waals surface area contributed by atoms with E-state index in [0.717, 1.165) is 6.07 Å². The highest BCUT2D eigenvalue weighted by molar-refractivity contribution is 5.99. The third-order valence-corrected chi connectivity index (χ3v) is 2.67. The molecule has 21 heavy (non-hydrogen) atoms. The summed E-state index contributed by atoms with van der Waals surface area (Å²) >= 11 is 0. The second kappa shape index (κ2) is 7.22. The van der Waals surface area contributed by atoms with Gasteiger partial charge < -0.3 is 20.3 Å². The van der Waals surface area contributed by atoms with Gasteiger partial charge in [-0.25, -0.2) is 9.18 Å². The zero-order valence-corrected chi connectivity index (χ0v) is 11.1. The van der Waals surface area contributed by atoms with Crippen molar-refractivity contribution in [3.8, 4) is 5.75 Å². The van der Waals surface area contributed by atoms with Gasteiger partial charge in [-0.05, 0) is 18.6 Å². The molecule has 0 bridgehead atoms. The molecule has 0 aliphatic carbocycles. The van der Waals surface area contributed by atoms with Crippen LogP contribution in [0.3, 0.4) is 0 Å². The van der Waals surface area contributed by atoms with Gasteiger partial charge in [0.15, 0.2) is 0 Å². The van der Waals surface area contributed by atoms with Crippen molar-refractivity contribution < 1.29 is 33.7 Å². The van der Waals surface area contributed by atoms with Gasteiger partial charge in [-0.2, -0.15) is 0 Å². The molecule has 0 saturated carbocycles. The van der Waals surface area contributed by atoms with E-state index in [0.29, 0.717) is 0 Å². The summed E-state index contributed by atoms with van der Waals surface area (Å²) in [5.74, 6) is -4.49. The summed E-state index contributed by atoms with van der Waals surface area (Å²) in [5, 5.41) is 19.6. The van der Waals surface area contributed by atoms with Crippen molar-refractivity contribution in [1.82, 2.24) is 5.32 Å². The van der Waals surface area contributed by atoms with Crippen LogP contribution in [0.15, 0.2) is 18.2 Å². The summed E-state index contributed by atoms with van der Waals surface area (Å²) in [6, 6.07) is 2.29. The zero-order chi connectivity index (χ0) is 16.0. The number of aliphatic carboxylic acids is 2. The van der Waals surface area contributed by atoms with E-state index in [4.69, 9.17) is 14.9 Å². The highest BCUT2D eigenvalue weighted by Crippen LogP contribution is 2.21. The van der Waals surface area contributed by atoms with E-state index in [1.54, 1.807) is 0 Å². The lowest BCUT2D eigenvalue weighted by Crippen LogP contribution is -2.41. The van der Waals surface area contributed by atoms with Crippen molar-refractivity contribution in [1.29, 1.82) is 0 Å². The van der Waals surface area contributed by atoms with E-state index in [1.165, 1.54) is 19.2 Å². The van der Waals surface area contributed by atoms with Crippen molar-refractivity contribution in [3.63, 3.8) is 0 Å². The number of rotatable bonds is 7. The Morgan fingerprint density at radius 1 is 1.33 bits per heavy atom. The maximum atomic E-state index is 13.7.